The summed E-state index contributed by atoms with van der Waals surface area (Å²) in [5.41, 5.74) is 12.3. The maximum absolute atomic E-state index is 14.3. The van der Waals surface area contributed by atoms with E-state index in [-0.39, 0.29) is 17.6 Å². The van der Waals surface area contributed by atoms with E-state index in [1.54, 1.807) is 0 Å². The van der Waals surface area contributed by atoms with Gasteiger partial charge in [0.25, 0.3) is 0 Å². The molecule has 0 aromatic heterocycles. The number of anilines is 1. The van der Waals surface area contributed by atoms with Gasteiger partial charge in [-0.15, -0.1) is 0 Å². The molecule has 0 spiro atoms. The van der Waals surface area contributed by atoms with Crippen molar-refractivity contribution in [3.05, 3.63) is 42.5 Å². The number of rotatable bonds is 12. The van der Waals surface area contributed by atoms with Gasteiger partial charge in [-0.05, 0) is 80.3 Å². The average molecular weight is 521 g/mol. The van der Waals surface area contributed by atoms with Crippen LogP contribution in [0.25, 0.3) is 10.8 Å². The molecule has 3 atom stereocenters. The molecule has 38 heavy (non-hydrogen) atoms. The second-order valence-corrected chi connectivity index (χ2v) is 11.8. The van der Waals surface area contributed by atoms with Crippen LogP contribution in [-0.4, -0.2) is 35.9 Å². The van der Waals surface area contributed by atoms with Crippen LogP contribution in [0.1, 0.15) is 90.4 Å². The van der Waals surface area contributed by atoms with E-state index in [0.29, 0.717) is 18.9 Å². The van der Waals surface area contributed by atoms with Crippen molar-refractivity contribution >= 4 is 28.2 Å². The molecule has 1 unspecified atom stereocenters. The van der Waals surface area contributed by atoms with Crippen LogP contribution >= 0.6 is 0 Å². The summed E-state index contributed by atoms with van der Waals surface area (Å²) in [5.74, 6) is 0.659. The summed E-state index contributed by atoms with van der Waals surface area (Å²) >= 11 is 0. The molecule has 2 aliphatic carbocycles. The Morgan fingerprint density at radius 1 is 0.947 bits per heavy atom. The van der Waals surface area contributed by atoms with Crippen molar-refractivity contribution in [2.24, 2.45) is 23.3 Å². The van der Waals surface area contributed by atoms with Crippen LogP contribution in [0, 0.1) is 11.8 Å². The Bertz CT molecular complexity index is 1060. The fourth-order valence-electron chi connectivity index (χ4n) is 6.93. The molecule has 0 radical (unpaired) electrons. The van der Waals surface area contributed by atoms with Crippen molar-refractivity contribution in [3.63, 3.8) is 0 Å². The molecule has 0 saturated heterocycles. The number of benzene rings is 2. The summed E-state index contributed by atoms with van der Waals surface area (Å²) in [5, 5.41) is 9.01. The highest BCUT2D eigenvalue weighted by Gasteiger charge is 2.49. The largest absolute Gasteiger partial charge is 0.330 e. The minimum atomic E-state index is -0.781. The minimum absolute atomic E-state index is 0.0915. The lowest BCUT2D eigenvalue weighted by Crippen LogP contribution is -2.66. The van der Waals surface area contributed by atoms with E-state index >= 15 is 0 Å². The highest BCUT2D eigenvalue weighted by molar-refractivity contribution is 5.98. The zero-order valence-electron chi connectivity index (χ0n) is 23.2. The zero-order chi connectivity index (χ0) is 27.0. The molecule has 2 aromatic carbocycles. The van der Waals surface area contributed by atoms with E-state index in [1.807, 2.05) is 43.3 Å². The van der Waals surface area contributed by atoms with Gasteiger partial charge in [-0.2, -0.15) is 0 Å². The second-order valence-electron chi connectivity index (χ2n) is 11.8. The van der Waals surface area contributed by atoms with Gasteiger partial charge in [0, 0.05) is 5.69 Å². The lowest BCUT2D eigenvalue weighted by atomic mass is 9.65. The number of carbonyl (C=O) groups is 2. The van der Waals surface area contributed by atoms with Gasteiger partial charge in [-0.3, -0.25) is 14.9 Å². The Labute approximate surface area is 228 Å². The molecule has 2 fully saturated rings. The first-order chi connectivity index (χ1) is 18.4. The van der Waals surface area contributed by atoms with Gasteiger partial charge in [-0.25, -0.2) is 0 Å². The molecule has 2 aromatic rings. The zero-order valence-corrected chi connectivity index (χ0v) is 23.2. The number of hydrogen-bond acceptors (Lipinski definition) is 5. The number of nitrogens with two attached hydrogens (primary N) is 2. The average Bonchev–Trinajstić information content (AvgIpc) is 2.96. The van der Waals surface area contributed by atoms with Crippen molar-refractivity contribution in [2.45, 2.75) is 108 Å². The van der Waals surface area contributed by atoms with Crippen molar-refractivity contribution in [3.8, 4) is 0 Å². The van der Waals surface area contributed by atoms with Gasteiger partial charge in [0.15, 0.2) is 5.78 Å². The van der Waals surface area contributed by atoms with E-state index in [1.165, 1.54) is 25.7 Å². The summed E-state index contributed by atoms with van der Waals surface area (Å²) < 4.78 is 0. The summed E-state index contributed by atoms with van der Waals surface area (Å²) in [7, 11) is 0. The molecule has 208 valence electrons. The van der Waals surface area contributed by atoms with E-state index in [9.17, 15) is 9.59 Å². The molecule has 4 rings (SSSR count). The number of nitrogens with one attached hydrogen (secondary N) is 2. The molecule has 6 N–H and O–H groups in total. The Hall–Kier alpha value is -2.28. The molecule has 6 nitrogen and oxygen atoms in total. The Morgan fingerprint density at radius 2 is 1.61 bits per heavy atom. The summed E-state index contributed by atoms with van der Waals surface area (Å²) in [6.45, 7) is 2.42. The van der Waals surface area contributed by atoms with Crippen LogP contribution in [0.5, 0.6) is 0 Å². The summed E-state index contributed by atoms with van der Waals surface area (Å²) in [4.78, 5) is 27.9. The van der Waals surface area contributed by atoms with Crippen LogP contribution in [-0.2, 0) is 9.59 Å². The number of Topliss-reactive ketones (excluding diaryl/α,β-unsaturated/α-hetero) is 1. The minimum Gasteiger partial charge on any atom is -0.330 e. The van der Waals surface area contributed by atoms with Gasteiger partial charge in [-0.1, -0.05) is 81.7 Å². The number of amides is 1. The third-order valence-corrected chi connectivity index (χ3v) is 9.02. The van der Waals surface area contributed by atoms with E-state index in [0.717, 1.165) is 67.8 Å². The maximum atomic E-state index is 14.3. The highest BCUT2D eigenvalue weighted by Crippen LogP contribution is 2.41. The first-order valence-corrected chi connectivity index (χ1v) is 15.0. The van der Waals surface area contributed by atoms with Crippen LogP contribution in [0.4, 0.5) is 5.69 Å². The SMILES string of the molecule is C[C@H](NC(CC1CCCCC1)(C(=O)[C@H](N)CCCN)C1CCCCC1)C(=O)Nc1ccc2ccccc2c1. The Kier molecular flexibility index (Phi) is 10.3. The fourth-order valence-corrected chi connectivity index (χ4v) is 6.93. The van der Waals surface area contributed by atoms with Crippen molar-refractivity contribution in [1.82, 2.24) is 5.32 Å². The van der Waals surface area contributed by atoms with Crippen molar-refractivity contribution < 1.29 is 9.59 Å². The normalized spacial score (nSPS) is 20.5. The lowest BCUT2D eigenvalue weighted by Gasteiger charge is -2.47. The van der Waals surface area contributed by atoms with Gasteiger partial charge >= 0.3 is 0 Å². The third-order valence-electron chi connectivity index (χ3n) is 9.02. The van der Waals surface area contributed by atoms with Crippen molar-refractivity contribution in [1.29, 1.82) is 0 Å². The topological polar surface area (TPSA) is 110 Å². The number of hydrogen-bond donors (Lipinski definition) is 4. The van der Waals surface area contributed by atoms with Gasteiger partial charge in [0.2, 0.25) is 5.91 Å². The first-order valence-electron chi connectivity index (χ1n) is 15.0. The van der Waals surface area contributed by atoms with Crippen LogP contribution in [0.3, 0.4) is 0 Å². The standard InChI is InChI=1S/C32H48N4O2/c1-23(31(38)35-28-19-18-25-13-8-9-14-26(25)21-28)36-32(27-15-6-3-7-16-27,22-24-11-4-2-5-12-24)30(37)29(34)17-10-20-33/h8-9,13-14,18-19,21,23-24,27,29,36H,2-7,10-12,15-17,20,22,33-34H2,1H3,(H,35,38)/t23-,29+,32?/m0/s1. The van der Waals surface area contributed by atoms with Gasteiger partial charge in [0.1, 0.15) is 0 Å². The number of fused-ring (bicyclic) bond motifs is 1. The summed E-state index contributed by atoms with van der Waals surface area (Å²) in [6.07, 6.45) is 13.6. The van der Waals surface area contributed by atoms with E-state index in [2.05, 4.69) is 16.7 Å². The fraction of sp³-hybridized carbons (Fsp3) is 0.625. The molecular weight excluding hydrogens is 472 g/mol. The van der Waals surface area contributed by atoms with E-state index < -0.39 is 17.6 Å². The molecule has 1 amide bonds. The van der Waals surface area contributed by atoms with Crippen LogP contribution in [0.15, 0.2) is 42.5 Å². The molecule has 0 heterocycles. The van der Waals surface area contributed by atoms with Crippen LogP contribution in [0.2, 0.25) is 0 Å². The van der Waals surface area contributed by atoms with Crippen LogP contribution < -0.4 is 22.1 Å². The first kappa shape index (κ1) is 28.7. The molecule has 6 heteroatoms. The predicted molar refractivity (Wildman–Crippen MR) is 157 cm³/mol. The maximum Gasteiger partial charge on any atom is 0.241 e. The highest BCUT2D eigenvalue weighted by atomic mass is 16.2. The summed E-state index contributed by atoms with van der Waals surface area (Å²) in [6, 6.07) is 13.0. The van der Waals surface area contributed by atoms with Crippen molar-refractivity contribution in [2.75, 3.05) is 11.9 Å². The Morgan fingerprint density at radius 3 is 2.29 bits per heavy atom. The predicted octanol–water partition coefficient (Wildman–Crippen LogP) is 5.68. The lowest BCUT2D eigenvalue weighted by molar-refractivity contribution is -0.132. The number of ketones is 1. The smallest absolute Gasteiger partial charge is 0.241 e. The monoisotopic (exact) mass is 520 g/mol. The van der Waals surface area contributed by atoms with Gasteiger partial charge < -0.3 is 16.8 Å². The quantitative estimate of drug-likeness (QED) is 0.288. The molecule has 2 saturated carbocycles. The van der Waals surface area contributed by atoms with E-state index in [4.69, 9.17) is 11.5 Å². The third kappa shape index (κ3) is 7.02. The second kappa shape index (κ2) is 13.7. The molecule has 0 bridgehead atoms. The molecular formula is C32H48N4O2. The molecule has 0 aliphatic heterocycles. The Balaban J connectivity index is 1.60. The molecule has 2 aliphatic rings. The number of carbonyl (C=O) groups excluding carboxylic acids is 2. The van der Waals surface area contributed by atoms with Gasteiger partial charge in [0.05, 0.1) is 17.6 Å².